The van der Waals surface area contributed by atoms with Crippen molar-refractivity contribution in [1.82, 2.24) is 0 Å². The highest BCUT2D eigenvalue weighted by Crippen LogP contribution is 2.22. The van der Waals surface area contributed by atoms with Crippen LogP contribution < -0.4 is 0 Å². The van der Waals surface area contributed by atoms with Gasteiger partial charge in [0.05, 0.1) is 4.88 Å². The van der Waals surface area contributed by atoms with Crippen LogP contribution >= 0.6 is 11.3 Å². The Balaban J connectivity index is 3.12. The van der Waals surface area contributed by atoms with Crippen molar-refractivity contribution in [3.63, 3.8) is 0 Å². The molecule has 2 heteroatoms. The number of rotatable bonds is 2. The van der Waals surface area contributed by atoms with Gasteiger partial charge in [-0.2, -0.15) is 0 Å². The van der Waals surface area contributed by atoms with Crippen LogP contribution in [0.5, 0.6) is 0 Å². The first-order valence-corrected chi connectivity index (χ1v) is 4.57. The summed E-state index contributed by atoms with van der Waals surface area (Å²) in [6, 6.07) is 2.10. The Labute approximate surface area is 71.1 Å². The first-order valence-electron chi connectivity index (χ1n) is 3.75. The molecule has 1 aromatic heterocycles. The minimum Gasteiger partial charge on any atom is -0.294 e. The maximum absolute atomic E-state index is 11.0. The van der Waals surface area contributed by atoms with Gasteiger partial charge in [0.15, 0.2) is 5.78 Å². The van der Waals surface area contributed by atoms with E-state index in [9.17, 15) is 4.79 Å². The number of aryl methyl sites for hydroxylation is 2. The van der Waals surface area contributed by atoms with Crippen molar-refractivity contribution in [2.75, 3.05) is 0 Å². The molecular weight excluding hydrogens is 156 g/mol. The summed E-state index contributed by atoms with van der Waals surface area (Å²) < 4.78 is 0. The predicted octanol–water partition coefficient (Wildman–Crippen LogP) is 2.82. The van der Waals surface area contributed by atoms with Gasteiger partial charge in [0, 0.05) is 4.88 Å². The SMILES string of the molecule is CCc1cc(C)sc1C(C)=O. The lowest BCUT2D eigenvalue weighted by atomic mass is 10.1. The van der Waals surface area contributed by atoms with E-state index in [4.69, 9.17) is 0 Å². The van der Waals surface area contributed by atoms with E-state index in [2.05, 4.69) is 13.0 Å². The normalized spacial score (nSPS) is 10.1. The summed E-state index contributed by atoms with van der Waals surface area (Å²) in [6.45, 7) is 5.74. The van der Waals surface area contributed by atoms with Gasteiger partial charge >= 0.3 is 0 Å². The second-order valence-electron chi connectivity index (χ2n) is 2.62. The number of Topliss-reactive ketones (excluding diaryl/α,β-unsaturated/α-hetero) is 1. The van der Waals surface area contributed by atoms with Crippen molar-refractivity contribution in [1.29, 1.82) is 0 Å². The lowest BCUT2D eigenvalue weighted by Crippen LogP contribution is -1.91. The zero-order valence-electron chi connectivity index (χ0n) is 7.10. The van der Waals surface area contributed by atoms with Gasteiger partial charge in [0.1, 0.15) is 0 Å². The molecule has 0 aromatic carbocycles. The monoisotopic (exact) mass is 168 g/mol. The van der Waals surface area contributed by atoms with E-state index in [0.29, 0.717) is 0 Å². The molecule has 1 rings (SSSR count). The molecule has 1 aromatic rings. The predicted molar refractivity (Wildman–Crippen MR) is 48.4 cm³/mol. The van der Waals surface area contributed by atoms with Gasteiger partial charge in [-0.15, -0.1) is 11.3 Å². The number of thiophene rings is 1. The molecule has 0 spiro atoms. The average molecular weight is 168 g/mol. The zero-order chi connectivity index (χ0) is 8.43. The van der Waals surface area contributed by atoms with E-state index in [1.54, 1.807) is 18.3 Å². The number of carbonyl (C=O) groups is 1. The van der Waals surface area contributed by atoms with Crippen LogP contribution in [0.25, 0.3) is 0 Å². The van der Waals surface area contributed by atoms with Crippen LogP contribution in [-0.2, 0) is 6.42 Å². The van der Waals surface area contributed by atoms with Crippen LogP contribution in [0.2, 0.25) is 0 Å². The fraction of sp³-hybridized carbons (Fsp3) is 0.444. The fourth-order valence-electron chi connectivity index (χ4n) is 1.13. The molecule has 0 fully saturated rings. The zero-order valence-corrected chi connectivity index (χ0v) is 7.92. The summed E-state index contributed by atoms with van der Waals surface area (Å²) in [7, 11) is 0. The van der Waals surface area contributed by atoms with Gasteiger partial charge < -0.3 is 0 Å². The van der Waals surface area contributed by atoms with Crippen molar-refractivity contribution in [3.05, 3.63) is 21.4 Å². The lowest BCUT2D eigenvalue weighted by Gasteiger charge is -1.92. The Morgan fingerprint density at radius 3 is 2.64 bits per heavy atom. The number of carbonyl (C=O) groups excluding carboxylic acids is 1. The summed E-state index contributed by atoms with van der Waals surface area (Å²) in [5, 5.41) is 0. The summed E-state index contributed by atoms with van der Waals surface area (Å²) in [5.74, 6) is 0.194. The second kappa shape index (κ2) is 3.18. The Bertz CT molecular complexity index is 273. The van der Waals surface area contributed by atoms with Crippen LogP contribution in [0.1, 0.15) is 34.0 Å². The van der Waals surface area contributed by atoms with Crippen molar-refractivity contribution in [3.8, 4) is 0 Å². The molecule has 0 aliphatic rings. The summed E-state index contributed by atoms with van der Waals surface area (Å²) in [5.41, 5.74) is 1.19. The van der Waals surface area contributed by atoms with E-state index in [1.807, 2.05) is 6.92 Å². The Morgan fingerprint density at radius 2 is 2.27 bits per heavy atom. The molecule has 1 nitrogen and oxygen atoms in total. The number of hydrogen-bond acceptors (Lipinski definition) is 2. The van der Waals surface area contributed by atoms with Crippen molar-refractivity contribution in [2.45, 2.75) is 27.2 Å². The van der Waals surface area contributed by atoms with E-state index < -0.39 is 0 Å². The van der Waals surface area contributed by atoms with Gasteiger partial charge in [0.2, 0.25) is 0 Å². The Morgan fingerprint density at radius 1 is 1.64 bits per heavy atom. The van der Waals surface area contributed by atoms with Crippen LogP contribution in [0.3, 0.4) is 0 Å². The molecule has 0 N–H and O–H groups in total. The van der Waals surface area contributed by atoms with Gasteiger partial charge in [-0.25, -0.2) is 0 Å². The minimum atomic E-state index is 0.194. The highest BCUT2D eigenvalue weighted by Gasteiger charge is 2.08. The third-order valence-corrected chi connectivity index (χ3v) is 2.83. The molecule has 0 bridgehead atoms. The third-order valence-electron chi connectivity index (χ3n) is 1.63. The molecule has 0 amide bonds. The van der Waals surface area contributed by atoms with Gasteiger partial charge in [0.25, 0.3) is 0 Å². The van der Waals surface area contributed by atoms with E-state index in [1.165, 1.54) is 10.4 Å². The quantitative estimate of drug-likeness (QED) is 0.620. The largest absolute Gasteiger partial charge is 0.294 e. The maximum Gasteiger partial charge on any atom is 0.169 e. The van der Waals surface area contributed by atoms with E-state index >= 15 is 0 Å². The van der Waals surface area contributed by atoms with Gasteiger partial charge in [-0.1, -0.05) is 6.92 Å². The molecule has 0 unspecified atom stereocenters. The van der Waals surface area contributed by atoms with Crippen LogP contribution in [0, 0.1) is 6.92 Å². The summed E-state index contributed by atoms with van der Waals surface area (Å²) in [6.07, 6.45) is 0.958. The van der Waals surface area contributed by atoms with Crippen LogP contribution in [0.15, 0.2) is 6.07 Å². The number of hydrogen-bond donors (Lipinski definition) is 0. The van der Waals surface area contributed by atoms with E-state index in [-0.39, 0.29) is 5.78 Å². The highest BCUT2D eigenvalue weighted by atomic mass is 32.1. The van der Waals surface area contributed by atoms with Gasteiger partial charge in [-0.3, -0.25) is 4.79 Å². The minimum absolute atomic E-state index is 0.194. The van der Waals surface area contributed by atoms with Crippen molar-refractivity contribution < 1.29 is 4.79 Å². The molecule has 0 aliphatic heterocycles. The first kappa shape index (κ1) is 8.47. The Hall–Kier alpha value is -0.630. The smallest absolute Gasteiger partial charge is 0.169 e. The average Bonchev–Trinajstić information content (AvgIpc) is 2.30. The summed E-state index contributed by atoms with van der Waals surface area (Å²) >= 11 is 1.60. The second-order valence-corrected chi connectivity index (χ2v) is 3.88. The standard InChI is InChI=1S/C9H12OS/c1-4-8-5-6(2)11-9(8)7(3)10/h5H,4H2,1-3H3. The molecule has 0 saturated carbocycles. The van der Waals surface area contributed by atoms with Gasteiger partial charge in [-0.05, 0) is 31.9 Å². The first-order chi connectivity index (χ1) is 5.15. The molecule has 60 valence electrons. The van der Waals surface area contributed by atoms with Crippen molar-refractivity contribution in [2.24, 2.45) is 0 Å². The highest BCUT2D eigenvalue weighted by molar-refractivity contribution is 7.14. The fourth-order valence-corrected chi connectivity index (χ4v) is 2.13. The maximum atomic E-state index is 11.0. The van der Waals surface area contributed by atoms with Crippen LogP contribution in [-0.4, -0.2) is 5.78 Å². The van der Waals surface area contributed by atoms with Crippen LogP contribution in [0.4, 0.5) is 0 Å². The molecule has 1 heterocycles. The molecule has 11 heavy (non-hydrogen) atoms. The number of ketones is 1. The topological polar surface area (TPSA) is 17.1 Å². The Kier molecular flexibility index (Phi) is 2.45. The third kappa shape index (κ3) is 1.69. The molecule has 0 atom stereocenters. The van der Waals surface area contributed by atoms with E-state index in [0.717, 1.165) is 11.3 Å². The molecular formula is C9H12OS. The summed E-state index contributed by atoms with van der Waals surface area (Å²) in [4.78, 5) is 13.2. The molecule has 0 radical (unpaired) electrons. The molecule has 0 saturated heterocycles. The van der Waals surface area contributed by atoms with Crippen molar-refractivity contribution >= 4 is 17.1 Å². The molecule has 0 aliphatic carbocycles. The lowest BCUT2D eigenvalue weighted by molar-refractivity contribution is 0.102.